The van der Waals surface area contributed by atoms with E-state index < -0.39 is 0 Å². The van der Waals surface area contributed by atoms with Crippen molar-refractivity contribution in [1.29, 1.82) is 0 Å². The third-order valence-electron chi connectivity index (χ3n) is 4.55. The number of ether oxygens (including phenoxy) is 1. The number of amides is 1. The molecule has 0 N–H and O–H groups in total. The van der Waals surface area contributed by atoms with Crippen LogP contribution in [0.1, 0.15) is 40.7 Å². The summed E-state index contributed by atoms with van der Waals surface area (Å²) in [5.41, 5.74) is 3.64. The van der Waals surface area contributed by atoms with E-state index in [1.165, 1.54) is 12.7 Å². The number of carbonyl (C=O) groups is 2. The Hall–Kier alpha value is -2.62. The van der Waals surface area contributed by atoms with Crippen molar-refractivity contribution in [2.45, 2.75) is 25.7 Å². The fraction of sp³-hybridized carbons (Fsp3) is 0.300. The summed E-state index contributed by atoms with van der Waals surface area (Å²) in [5, 5.41) is 0. The molecule has 0 spiro atoms. The van der Waals surface area contributed by atoms with Crippen LogP contribution < -0.4 is 4.90 Å². The number of fused-ring (bicyclic) bond motifs is 1. The minimum absolute atomic E-state index is 0.121. The Balaban J connectivity index is 1.74. The Labute approximate surface area is 142 Å². The van der Waals surface area contributed by atoms with Crippen LogP contribution in [0.4, 0.5) is 5.69 Å². The van der Waals surface area contributed by atoms with E-state index in [9.17, 15) is 9.59 Å². The molecule has 0 aliphatic carbocycles. The van der Waals surface area contributed by atoms with E-state index >= 15 is 0 Å². The molecule has 4 nitrogen and oxygen atoms in total. The average molecular weight is 323 g/mol. The number of hydrogen-bond acceptors (Lipinski definition) is 3. The Morgan fingerprint density at radius 3 is 2.62 bits per heavy atom. The van der Waals surface area contributed by atoms with Gasteiger partial charge in [0.25, 0.3) is 0 Å². The van der Waals surface area contributed by atoms with Crippen LogP contribution in [-0.2, 0) is 16.0 Å². The molecule has 2 aromatic rings. The first-order chi connectivity index (χ1) is 11.6. The van der Waals surface area contributed by atoms with Crippen LogP contribution in [-0.4, -0.2) is 25.5 Å². The number of benzene rings is 2. The van der Waals surface area contributed by atoms with E-state index in [1.54, 1.807) is 6.07 Å². The van der Waals surface area contributed by atoms with E-state index in [1.807, 2.05) is 35.2 Å². The van der Waals surface area contributed by atoms with Crippen LogP contribution in [0.5, 0.6) is 0 Å². The summed E-state index contributed by atoms with van der Waals surface area (Å²) < 4.78 is 4.75. The zero-order valence-electron chi connectivity index (χ0n) is 14.0. The minimum atomic E-state index is -0.347. The lowest BCUT2D eigenvalue weighted by Gasteiger charge is -2.20. The standard InChI is InChI=1S/C20H21NO3/c1-14(15-6-4-3-5-7-15)12-19(22)21-11-10-16-13-17(20(23)24-2)8-9-18(16)21/h3-9,13-14H,10-12H2,1-2H3. The van der Waals surface area contributed by atoms with Crippen molar-refractivity contribution >= 4 is 17.6 Å². The number of esters is 1. The molecular formula is C20H21NO3. The largest absolute Gasteiger partial charge is 0.465 e. The number of carbonyl (C=O) groups excluding carboxylic acids is 2. The smallest absolute Gasteiger partial charge is 0.337 e. The third kappa shape index (κ3) is 3.18. The van der Waals surface area contributed by atoms with E-state index in [4.69, 9.17) is 4.74 Å². The molecule has 0 saturated heterocycles. The zero-order valence-corrected chi connectivity index (χ0v) is 14.0. The highest BCUT2D eigenvalue weighted by atomic mass is 16.5. The summed E-state index contributed by atoms with van der Waals surface area (Å²) in [4.78, 5) is 26.2. The first-order valence-electron chi connectivity index (χ1n) is 8.16. The highest BCUT2D eigenvalue weighted by molar-refractivity contribution is 5.97. The molecule has 4 heteroatoms. The van der Waals surface area contributed by atoms with Crippen LogP contribution in [0.25, 0.3) is 0 Å². The Morgan fingerprint density at radius 2 is 1.92 bits per heavy atom. The van der Waals surface area contributed by atoms with Gasteiger partial charge in [-0.25, -0.2) is 4.79 Å². The fourth-order valence-electron chi connectivity index (χ4n) is 3.18. The van der Waals surface area contributed by atoms with Crippen molar-refractivity contribution in [3.8, 4) is 0 Å². The lowest BCUT2D eigenvalue weighted by atomic mass is 9.97. The van der Waals surface area contributed by atoms with Crippen molar-refractivity contribution in [3.63, 3.8) is 0 Å². The van der Waals surface area contributed by atoms with Gasteiger partial charge >= 0.3 is 5.97 Å². The number of rotatable bonds is 4. The first kappa shape index (κ1) is 16.2. The molecule has 1 heterocycles. The van der Waals surface area contributed by atoms with Crippen molar-refractivity contribution in [1.82, 2.24) is 0 Å². The second kappa shape index (κ2) is 6.87. The topological polar surface area (TPSA) is 46.6 Å². The molecule has 0 radical (unpaired) electrons. The molecule has 0 fully saturated rings. The predicted octanol–water partition coefficient (Wildman–Crippen LogP) is 3.56. The lowest BCUT2D eigenvalue weighted by molar-refractivity contribution is -0.118. The van der Waals surface area contributed by atoms with Gasteiger partial charge in [-0.05, 0) is 41.7 Å². The van der Waals surface area contributed by atoms with Gasteiger partial charge in [0.2, 0.25) is 5.91 Å². The average Bonchev–Trinajstić information content (AvgIpc) is 3.05. The second-order valence-electron chi connectivity index (χ2n) is 6.15. The molecule has 0 bridgehead atoms. The molecule has 1 aliphatic heterocycles. The number of hydrogen-bond donors (Lipinski definition) is 0. The lowest BCUT2D eigenvalue weighted by Crippen LogP contribution is -2.29. The maximum absolute atomic E-state index is 12.7. The van der Waals surface area contributed by atoms with Crippen molar-refractivity contribution in [2.24, 2.45) is 0 Å². The van der Waals surface area contributed by atoms with Gasteiger partial charge in [-0.15, -0.1) is 0 Å². The molecule has 24 heavy (non-hydrogen) atoms. The Bertz CT molecular complexity index is 755. The number of nitrogens with zero attached hydrogens (tertiary/aromatic N) is 1. The van der Waals surface area contributed by atoms with Crippen LogP contribution >= 0.6 is 0 Å². The maximum Gasteiger partial charge on any atom is 0.337 e. The van der Waals surface area contributed by atoms with Gasteiger partial charge < -0.3 is 9.64 Å². The molecule has 1 atom stereocenters. The quantitative estimate of drug-likeness (QED) is 0.808. The van der Waals surface area contributed by atoms with Crippen LogP contribution in [0, 0.1) is 0 Å². The SMILES string of the molecule is COC(=O)c1ccc2c(c1)CCN2C(=O)CC(C)c1ccccc1. The van der Waals surface area contributed by atoms with Gasteiger partial charge in [-0.1, -0.05) is 37.3 Å². The number of methoxy groups -OCH3 is 1. The summed E-state index contributed by atoms with van der Waals surface area (Å²) in [6.45, 7) is 2.74. The van der Waals surface area contributed by atoms with Gasteiger partial charge in [0.05, 0.1) is 12.7 Å². The molecule has 0 saturated carbocycles. The molecule has 2 aromatic carbocycles. The highest BCUT2D eigenvalue weighted by Gasteiger charge is 2.26. The van der Waals surface area contributed by atoms with Crippen molar-refractivity contribution in [2.75, 3.05) is 18.6 Å². The molecule has 0 aromatic heterocycles. The molecule has 3 rings (SSSR count). The van der Waals surface area contributed by atoms with E-state index in [0.717, 1.165) is 17.7 Å². The predicted molar refractivity (Wildman–Crippen MR) is 93.3 cm³/mol. The fourth-order valence-corrected chi connectivity index (χ4v) is 3.18. The Kier molecular flexibility index (Phi) is 4.65. The molecule has 124 valence electrons. The van der Waals surface area contributed by atoms with E-state index in [2.05, 4.69) is 19.1 Å². The second-order valence-corrected chi connectivity index (χ2v) is 6.15. The molecule has 1 amide bonds. The third-order valence-corrected chi connectivity index (χ3v) is 4.55. The van der Waals surface area contributed by atoms with Crippen LogP contribution in [0.15, 0.2) is 48.5 Å². The molecule has 1 aliphatic rings. The molecular weight excluding hydrogens is 302 g/mol. The minimum Gasteiger partial charge on any atom is -0.465 e. The summed E-state index contributed by atoms with van der Waals surface area (Å²) in [6, 6.07) is 15.5. The first-order valence-corrected chi connectivity index (χ1v) is 8.16. The highest BCUT2D eigenvalue weighted by Crippen LogP contribution is 2.31. The van der Waals surface area contributed by atoms with Crippen molar-refractivity contribution < 1.29 is 14.3 Å². The molecule has 1 unspecified atom stereocenters. The zero-order chi connectivity index (χ0) is 17.1. The summed E-state index contributed by atoms with van der Waals surface area (Å²) in [5.74, 6) is -0.0479. The van der Waals surface area contributed by atoms with Gasteiger partial charge in [0.15, 0.2) is 0 Å². The van der Waals surface area contributed by atoms with Crippen LogP contribution in [0.2, 0.25) is 0 Å². The van der Waals surface area contributed by atoms with E-state index in [0.29, 0.717) is 18.5 Å². The number of anilines is 1. The summed E-state index contributed by atoms with van der Waals surface area (Å²) >= 11 is 0. The Morgan fingerprint density at radius 1 is 1.17 bits per heavy atom. The van der Waals surface area contributed by atoms with E-state index in [-0.39, 0.29) is 17.8 Å². The van der Waals surface area contributed by atoms with Gasteiger partial charge in [-0.3, -0.25) is 4.79 Å². The van der Waals surface area contributed by atoms with Gasteiger partial charge in [0, 0.05) is 18.7 Å². The monoisotopic (exact) mass is 323 g/mol. The van der Waals surface area contributed by atoms with Crippen molar-refractivity contribution in [3.05, 3.63) is 65.2 Å². The summed E-state index contributed by atoms with van der Waals surface area (Å²) in [6.07, 6.45) is 1.24. The maximum atomic E-state index is 12.7. The van der Waals surface area contributed by atoms with Gasteiger partial charge in [0.1, 0.15) is 0 Å². The van der Waals surface area contributed by atoms with Gasteiger partial charge in [-0.2, -0.15) is 0 Å². The summed E-state index contributed by atoms with van der Waals surface area (Å²) in [7, 11) is 1.37. The van der Waals surface area contributed by atoms with Crippen LogP contribution in [0.3, 0.4) is 0 Å². The normalized spacial score (nSPS) is 14.2.